The summed E-state index contributed by atoms with van der Waals surface area (Å²) in [5.74, 6) is -0.00516. The van der Waals surface area contributed by atoms with Crippen LogP contribution in [0, 0.1) is 10.1 Å². The summed E-state index contributed by atoms with van der Waals surface area (Å²) in [6, 6.07) is 4.40. The molecule has 0 saturated carbocycles. The zero-order valence-corrected chi connectivity index (χ0v) is 13.0. The number of nitrogens with one attached hydrogen (secondary N) is 1. The second kappa shape index (κ2) is 6.44. The summed E-state index contributed by atoms with van der Waals surface area (Å²) in [5.41, 5.74) is 0.530. The maximum atomic E-state index is 11.1. The van der Waals surface area contributed by atoms with Crippen molar-refractivity contribution in [1.82, 2.24) is 5.32 Å². The highest BCUT2D eigenvalue weighted by molar-refractivity contribution is 9.10. The lowest BCUT2D eigenvalue weighted by Crippen LogP contribution is -2.32. The molecule has 6 nitrogen and oxygen atoms in total. The Morgan fingerprint density at radius 1 is 1.47 bits per heavy atom. The summed E-state index contributed by atoms with van der Waals surface area (Å²) in [7, 11) is -3.07. The molecular formula is C11H15BrN2O4S. The predicted octanol–water partition coefficient (Wildman–Crippen LogP) is 1.88. The van der Waals surface area contributed by atoms with Crippen LogP contribution < -0.4 is 5.32 Å². The van der Waals surface area contributed by atoms with Gasteiger partial charge in [-0.25, -0.2) is 8.42 Å². The predicted molar refractivity (Wildman–Crippen MR) is 76.8 cm³/mol. The fourth-order valence-electron chi connectivity index (χ4n) is 1.67. The van der Waals surface area contributed by atoms with Gasteiger partial charge in [-0.3, -0.25) is 10.1 Å². The molecular weight excluding hydrogens is 336 g/mol. The molecule has 1 aromatic rings. The van der Waals surface area contributed by atoms with Gasteiger partial charge in [0.1, 0.15) is 9.84 Å². The average molecular weight is 351 g/mol. The minimum Gasteiger partial charge on any atom is -0.309 e. The van der Waals surface area contributed by atoms with Crippen LogP contribution in [-0.2, 0) is 16.4 Å². The Morgan fingerprint density at radius 2 is 2.11 bits per heavy atom. The Bertz CT molecular complexity index is 574. The zero-order valence-electron chi connectivity index (χ0n) is 10.6. The highest BCUT2D eigenvalue weighted by Gasteiger charge is 2.15. The molecule has 0 radical (unpaired) electrons. The minimum atomic E-state index is -3.07. The zero-order chi connectivity index (χ0) is 14.6. The van der Waals surface area contributed by atoms with Crippen molar-refractivity contribution in [1.29, 1.82) is 0 Å². The van der Waals surface area contributed by atoms with E-state index in [1.54, 1.807) is 19.1 Å². The van der Waals surface area contributed by atoms with E-state index in [2.05, 4.69) is 21.2 Å². The van der Waals surface area contributed by atoms with Gasteiger partial charge in [0.15, 0.2) is 0 Å². The Balaban J connectivity index is 2.77. The Labute approximate surface area is 120 Å². The fraction of sp³-hybridized carbons (Fsp3) is 0.455. The van der Waals surface area contributed by atoms with Crippen LogP contribution in [0.5, 0.6) is 0 Å². The number of nitro groups is 1. The monoisotopic (exact) mass is 350 g/mol. The van der Waals surface area contributed by atoms with E-state index in [0.717, 1.165) is 10.7 Å². The minimum absolute atomic E-state index is 0.00516. The number of halogens is 1. The highest BCUT2D eigenvalue weighted by Crippen LogP contribution is 2.22. The van der Waals surface area contributed by atoms with Gasteiger partial charge < -0.3 is 5.32 Å². The van der Waals surface area contributed by atoms with Crippen LogP contribution >= 0.6 is 15.9 Å². The van der Waals surface area contributed by atoms with Crippen molar-refractivity contribution in [3.8, 4) is 0 Å². The smallest absolute Gasteiger partial charge is 0.273 e. The van der Waals surface area contributed by atoms with Gasteiger partial charge in [-0.1, -0.05) is 15.9 Å². The number of nitrogens with zero attached hydrogens (tertiary/aromatic N) is 1. The maximum Gasteiger partial charge on any atom is 0.273 e. The van der Waals surface area contributed by atoms with Crippen molar-refractivity contribution in [2.75, 3.05) is 12.0 Å². The van der Waals surface area contributed by atoms with Crippen molar-refractivity contribution in [3.05, 3.63) is 38.3 Å². The Morgan fingerprint density at radius 3 is 2.63 bits per heavy atom. The lowest BCUT2D eigenvalue weighted by molar-refractivity contribution is -0.385. The molecule has 1 atom stereocenters. The topological polar surface area (TPSA) is 89.3 Å². The van der Waals surface area contributed by atoms with Crippen LogP contribution in [0.4, 0.5) is 5.69 Å². The van der Waals surface area contributed by atoms with Gasteiger partial charge >= 0.3 is 0 Å². The van der Waals surface area contributed by atoms with E-state index in [1.807, 2.05) is 0 Å². The molecule has 0 saturated heterocycles. The van der Waals surface area contributed by atoms with E-state index in [1.165, 1.54) is 6.07 Å². The fourth-order valence-corrected chi connectivity index (χ4v) is 3.11. The van der Waals surface area contributed by atoms with Crippen LogP contribution in [-0.4, -0.2) is 31.4 Å². The molecule has 1 N–H and O–H groups in total. The van der Waals surface area contributed by atoms with Crippen LogP contribution in [0.15, 0.2) is 22.7 Å². The number of nitro benzene ring substituents is 1. The molecule has 0 aliphatic carbocycles. The first-order valence-electron chi connectivity index (χ1n) is 5.53. The van der Waals surface area contributed by atoms with E-state index in [0.29, 0.717) is 5.56 Å². The average Bonchev–Trinajstić information content (AvgIpc) is 2.23. The normalized spacial score (nSPS) is 13.2. The van der Waals surface area contributed by atoms with E-state index in [4.69, 9.17) is 0 Å². The molecule has 19 heavy (non-hydrogen) atoms. The van der Waals surface area contributed by atoms with E-state index in [-0.39, 0.29) is 24.0 Å². The van der Waals surface area contributed by atoms with Crippen molar-refractivity contribution in [3.63, 3.8) is 0 Å². The second-order valence-electron chi connectivity index (χ2n) is 4.40. The Kier molecular flexibility index (Phi) is 5.45. The van der Waals surface area contributed by atoms with Gasteiger partial charge in [-0.2, -0.15) is 0 Å². The number of hydrogen-bond acceptors (Lipinski definition) is 5. The lowest BCUT2D eigenvalue weighted by Gasteiger charge is -2.12. The summed E-state index contributed by atoms with van der Waals surface area (Å²) in [5, 5.41) is 13.8. The summed E-state index contributed by atoms with van der Waals surface area (Å²) in [6.07, 6.45) is 1.16. The van der Waals surface area contributed by atoms with Gasteiger partial charge in [0.05, 0.1) is 10.7 Å². The van der Waals surface area contributed by atoms with Crippen LogP contribution in [0.3, 0.4) is 0 Å². The molecule has 0 aliphatic rings. The highest BCUT2D eigenvalue weighted by atomic mass is 79.9. The lowest BCUT2D eigenvalue weighted by atomic mass is 10.1. The summed E-state index contributed by atoms with van der Waals surface area (Å²) in [6.45, 7) is 1.97. The van der Waals surface area contributed by atoms with Gasteiger partial charge in [0, 0.05) is 34.9 Å². The third kappa shape index (κ3) is 5.66. The van der Waals surface area contributed by atoms with E-state index in [9.17, 15) is 18.5 Å². The van der Waals surface area contributed by atoms with Gasteiger partial charge in [0.25, 0.3) is 5.69 Å². The van der Waals surface area contributed by atoms with Gasteiger partial charge in [-0.15, -0.1) is 0 Å². The van der Waals surface area contributed by atoms with Crippen molar-refractivity contribution in [2.24, 2.45) is 0 Å². The van der Waals surface area contributed by atoms with Crippen molar-refractivity contribution >= 4 is 31.5 Å². The molecule has 0 aromatic heterocycles. The molecule has 1 aromatic carbocycles. The van der Waals surface area contributed by atoms with Crippen LogP contribution in [0.1, 0.15) is 12.5 Å². The number of rotatable bonds is 6. The molecule has 0 spiro atoms. The molecule has 0 fully saturated rings. The Hall–Kier alpha value is -0.990. The maximum absolute atomic E-state index is 11.1. The van der Waals surface area contributed by atoms with E-state index >= 15 is 0 Å². The van der Waals surface area contributed by atoms with Gasteiger partial charge in [0.2, 0.25) is 0 Å². The second-order valence-corrected chi connectivity index (χ2v) is 7.51. The summed E-state index contributed by atoms with van der Waals surface area (Å²) in [4.78, 5) is 10.4. The molecule has 1 rings (SSSR count). The SMILES string of the molecule is CC(CS(C)(=O)=O)NCc1cc(Br)ccc1[N+](=O)[O-]. The van der Waals surface area contributed by atoms with Crippen molar-refractivity contribution < 1.29 is 13.3 Å². The molecule has 8 heteroatoms. The largest absolute Gasteiger partial charge is 0.309 e. The molecule has 0 amide bonds. The summed E-state index contributed by atoms with van der Waals surface area (Å²) >= 11 is 3.26. The first kappa shape index (κ1) is 16.1. The van der Waals surface area contributed by atoms with Gasteiger partial charge in [-0.05, 0) is 19.1 Å². The van der Waals surface area contributed by atoms with Crippen molar-refractivity contribution in [2.45, 2.75) is 19.5 Å². The molecule has 0 bridgehead atoms. The molecule has 1 unspecified atom stereocenters. The third-order valence-corrected chi connectivity index (χ3v) is 4.03. The summed E-state index contributed by atoms with van der Waals surface area (Å²) < 4.78 is 23.0. The van der Waals surface area contributed by atoms with E-state index < -0.39 is 14.8 Å². The molecule has 106 valence electrons. The van der Waals surface area contributed by atoms with Crippen LogP contribution in [0.25, 0.3) is 0 Å². The standard InChI is InChI=1S/C11H15BrN2O4S/c1-8(7-19(2,17)18)13-6-9-5-10(12)3-4-11(9)14(15)16/h3-5,8,13H,6-7H2,1-2H3. The number of sulfone groups is 1. The first-order chi connectivity index (χ1) is 8.69. The number of benzene rings is 1. The van der Waals surface area contributed by atoms with Crippen LogP contribution in [0.2, 0.25) is 0 Å². The molecule has 0 aliphatic heterocycles. The number of hydrogen-bond donors (Lipinski definition) is 1. The molecule has 0 heterocycles. The third-order valence-electron chi connectivity index (χ3n) is 2.43. The quantitative estimate of drug-likeness (QED) is 0.624. The first-order valence-corrected chi connectivity index (χ1v) is 8.38.